The van der Waals surface area contributed by atoms with Gasteiger partial charge in [0, 0.05) is 18.7 Å². The molecule has 0 radical (unpaired) electrons. The first-order chi connectivity index (χ1) is 9.93. The van der Waals surface area contributed by atoms with Crippen LogP contribution in [0.5, 0.6) is 5.75 Å². The van der Waals surface area contributed by atoms with Gasteiger partial charge in [-0.3, -0.25) is 4.79 Å². The van der Waals surface area contributed by atoms with Crippen molar-refractivity contribution in [2.45, 2.75) is 31.1 Å². The molecule has 2 N–H and O–H groups in total. The summed E-state index contributed by atoms with van der Waals surface area (Å²) in [4.78, 5) is 14.0. The molecule has 116 valence electrons. The van der Waals surface area contributed by atoms with E-state index in [9.17, 15) is 13.2 Å². The second-order valence-corrected chi connectivity index (χ2v) is 6.52. The fourth-order valence-electron chi connectivity index (χ4n) is 2.42. The van der Waals surface area contributed by atoms with Crippen LogP contribution >= 0.6 is 0 Å². The average molecular weight is 312 g/mol. The van der Waals surface area contributed by atoms with Crippen molar-refractivity contribution in [2.75, 3.05) is 19.7 Å². The molecule has 1 heterocycles. The molecule has 21 heavy (non-hydrogen) atoms. The number of hydrogen-bond acceptors (Lipinski definition) is 4. The van der Waals surface area contributed by atoms with E-state index in [0.717, 1.165) is 19.3 Å². The second-order valence-electron chi connectivity index (χ2n) is 4.99. The van der Waals surface area contributed by atoms with Gasteiger partial charge < -0.3 is 9.64 Å². The van der Waals surface area contributed by atoms with Crippen molar-refractivity contribution in [3.8, 4) is 5.75 Å². The molecule has 1 saturated heterocycles. The van der Waals surface area contributed by atoms with Gasteiger partial charge in [-0.25, -0.2) is 13.6 Å². The summed E-state index contributed by atoms with van der Waals surface area (Å²) in [6.45, 7) is 3.48. The molecule has 1 fully saturated rings. The number of sulfonamides is 1. The zero-order chi connectivity index (χ0) is 15.5. The van der Waals surface area contributed by atoms with Gasteiger partial charge >= 0.3 is 0 Å². The highest BCUT2D eigenvalue weighted by Gasteiger charge is 2.22. The summed E-state index contributed by atoms with van der Waals surface area (Å²) in [5.74, 6) is 0.0119. The Morgan fingerprint density at radius 1 is 1.29 bits per heavy atom. The molecule has 2 rings (SSSR count). The first kappa shape index (κ1) is 15.8. The van der Waals surface area contributed by atoms with E-state index >= 15 is 0 Å². The Hall–Kier alpha value is -1.60. The van der Waals surface area contributed by atoms with E-state index < -0.39 is 10.0 Å². The number of benzene rings is 1. The summed E-state index contributed by atoms with van der Waals surface area (Å²) in [5.41, 5.74) is 0.323. The Labute approximate surface area is 124 Å². The molecule has 1 aliphatic rings. The van der Waals surface area contributed by atoms with Gasteiger partial charge in [-0.1, -0.05) is 0 Å². The number of likely N-dealkylation sites (tertiary alicyclic amines) is 1. The van der Waals surface area contributed by atoms with Crippen LogP contribution in [0.25, 0.3) is 0 Å². The Balaban J connectivity index is 2.34. The summed E-state index contributed by atoms with van der Waals surface area (Å²) in [5, 5.41) is 5.20. The molecular formula is C14H20N2O4S. The first-order valence-electron chi connectivity index (χ1n) is 7.02. The highest BCUT2D eigenvalue weighted by molar-refractivity contribution is 7.89. The van der Waals surface area contributed by atoms with Gasteiger partial charge in [-0.2, -0.15) is 0 Å². The SMILES string of the molecule is CCOc1ccc(C(=O)N2CCCCC2)cc1S(N)(=O)=O. The number of carbonyl (C=O) groups is 1. The van der Waals surface area contributed by atoms with Crippen molar-refractivity contribution in [2.24, 2.45) is 5.14 Å². The number of nitrogens with zero attached hydrogens (tertiary/aromatic N) is 1. The fraction of sp³-hybridized carbons (Fsp3) is 0.500. The molecule has 0 atom stereocenters. The third-order valence-corrected chi connectivity index (χ3v) is 4.37. The number of piperidine rings is 1. The second kappa shape index (κ2) is 6.44. The van der Waals surface area contributed by atoms with Crippen molar-refractivity contribution in [3.05, 3.63) is 23.8 Å². The fourth-order valence-corrected chi connectivity index (χ4v) is 3.12. The van der Waals surface area contributed by atoms with Crippen LogP contribution in [0.4, 0.5) is 0 Å². The lowest BCUT2D eigenvalue weighted by Crippen LogP contribution is -2.35. The number of amides is 1. The van der Waals surface area contributed by atoms with Crippen molar-refractivity contribution < 1.29 is 17.9 Å². The highest BCUT2D eigenvalue weighted by Crippen LogP contribution is 2.25. The van der Waals surface area contributed by atoms with Gasteiger partial charge in [0.1, 0.15) is 10.6 Å². The van der Waals surface area contributed by atoms with Crippen LogP contribution in [0, 0.1) is 0 Å². The summed E-state index contributed by atoms with van der Waals surface area (Å²) in [7, 11) is -3.94. The van der Waals surface area contributed by atoms with Crippen LogP contribution in [0.15, 0.2) is 23.1 Å². The molecule has 1 aromatic carbocycles. The minimum absolute atomic E-state index is 0.146. The molecule has 1 aromatic rings. The minimum atomic E-state index is -3.94. The zero-order valence-electron chi connectivity index (χ0n) is 12.0. The van der Waals surface area contributed by atoms with Crippen LogP contribution in [0.2, 0.25) is 0 Å². The largest absolute Gasteiger partial charge is 0.492 e. The van der Waals surface area contributed by atoms with Crippen molar-refractivity contribution in [1.82, 2.24) is 4.90 Å². The van der Waals surface area contributed by atoms with Crippen molar-refractivity contribution >= 4 is 15.9 Å². The quantitative estimate of drug-likeness (QED) is 0.909. The third-order valence-electron chi connectivity index (χ3n) is 3.44. The molecule has 0 unspecified atom stereocenters. The maximum atomic E-state index is 12.4. The summed E-state index contributed by atoms with van der Waals surface area (Å²) < 4.78 is 28.6. The van der Waals surface area contributed by atoms with E-state index in [1.54, 1.807) is 17.9 Å². The number of ether oxygens (including phenoxy) is 1. The topological polar surface area (TPSA) is 89.7 Å². The molecule has 0 bridgehead atoms. The standard InChI is InChI=1S/C14H20N2O4S/c1-2-20-12-7-6-11(10-13(12)21(15,18)19)14(17)16-8-4-3-5-9-16/h6-7,10H,2-5,8-9H2,1H3,(H2,15,18,19). The van der Waals surface area contributed by atoms with E-state index in [-0.39, 0.29) is 16.6 Å². The molecule has 1 aliphatic heterocycles. The van der Waals surface area contributed by atoms with Gasteiger partial charge in [0.2, 0.25) is 10.0 Å². The molecule has 0 aliphatic carbocycles. The van der Waals surface area contributed by atoms with E-state index in [0.29, 0.717) is 25.3 Å². The number of rotatable bonds is 4. The molecule has 0 spiro atoms. The maximum absolute atomic E-state index is 12.4. The third kappa shape index (κ3) is 3.74. The lowest BCUT2D eigenvalue weighted by Gasteiger charge is -2.27. The van der Waals surface area contributed by atoms with Crippen LogP contribution < -0.4 is 9.88 Å². The zero-order valence-corrected chi connectivity index (χ0v) is 12.9. The Morgan fingerprint density at radius 3 is 2.52 bits per heavy atom. The molecule has 6 nitrogen and oxygen atoms in total. The van der Waals surface area contributed by atoms with Crippen molar-refractivity contribution in [1.29, 1.82) is 0 Å². The monoisotopic (exact) mass is 312 g/mol. The molecule has 7 heteroatoms. The Bertz CT molecular complexity index is 622. The van der Waals surface area contributed by atoms with E-state index in [2.05, 4.69) is 0 Å². The van der Waals surface area contributed by atoms with Gasteiger partial charge in [0.25, 0.3) is 5.91 Å². The Morgan fingerprint density at radius 2 is 1.95 bits per heavy atom. The predicted molar refractivity (Wildman–Crippen MR) is 78.7 cm³/mol. The molecule has 0 saturated carbocycles. The van der Waals surface area contributed by atoms with Crippen LogP contribution in [0.3, 0.4) is 0 Å². The number of primary sulfonamides is 1. The van der Waals surface area contributed by atoms with E-state index in [4.69, 9.17) is 9.88 Å². The number of carbonyl (C=O) groups excluding carboxylic acids is 1. The first-order valence-corrected chi connectivity index (χ1v) is 8.57. The van der Waals surface area contributed by atoms with Gasteiger partial charge in [-0.05, 0) is 44.4 Å². The highest BCUT2D eigenvalue weighted by atomic mass is 32.2. The lowest BCUT2D eigenvalue weighted by molar-refractivity contribution is 0.0724. The van der Waals surface area contributed by atoms with Crippen LogP contribution in [-0.2, 0) is 10.0 Å². The van der Waals surface area contributed by atoms with Gasteiger partial charge in [0.05, 0.1) is 6.61 Å². The molecule has 0 aromatic heterocycles. The average Bonchev–Trinajstić information content (AvgIpc) is 2.47. The summed E-state index contributed by atoms with van der Waals surface area (Å²) in [6, 6.07) is 4.37. The van der Waals surface area contributed by atoms with Gasteiger partial charge in [0.15, 0.2) is 0 Å². The molecular weight excluding hydrogens is 292 g/mol. The Kier molecular flexibility index (Phi) is 4.84. The summed E-state index contributed by atoms with van der Waals surface area (Å²) >= 11 is 0. The molecule has 1 amide bonds. The van der Waals surface area contributed by atoms with E-state index in [1.165, 1.54) is 12.1 Å². The van der Waals surface area contributed by atoms with Crippen molar-refractivity contribution in [3.63, 3.8) is 0 Å². The normalized spacial score (nSPS) is 15.8. The van der Waals surface area contributed by atoms with Gasteiger partial charge in [-0.15, -0.1) is 0 Å². The number of nitrogens with two attached hydrogens (primary N) is 1. The van der Waals surface area contributed by atoms with Crippen LogP contribution in [-0.4, -0.2) is 38.9 Å². The van der Waals surface area contributed by atoms with Crippen LogP contribution in [0.1, 0.15) is 36.5 Å². The summed E-state index contributed by atoms with van der Waals surface area (Å²) in [6.07, 6.45) is 3.07. The minimum Gasteiger partial charge on any atom is -0.492 e. The number of hydrogen-bond donors (Lipinski definition) is 1. The maximum Gasteiger partial charge on any atom is 0.253 e. The smallest absolute Gasteiger partial charge is 0.253 e. The van der Waals surface area contributed by atoms with E-state index in [1.807, 2.05) is 0 Å². The predicted octanol–water partition coefficient (Wildman–Crippen LogP) is 1.36. The lowest BCUT2D eigenvalue weighted by atomic mass is 10.1.